The Morgan fingerprint density at radius 2 is 2.00 bits per heavy atom. The van der Waals surface area contributed by atoms with Crippen LogP contribution in [0.3, 0.4) is 0 Å². The zero-order valence-corrected chi connectivity index (χ0v) is 17.0. The molecule has 0 aromatic heterocycles. The molecule has 1 aliphatic rings. The maximum absolute atomic E-state index is 5.31. The molecule has 0 atom stereocenters. The molecule has 0 saturated heterocycles. The fourth-order valence-corrected chi connectivity index (χ4v) is 3.60. The van der Waals surface area contributed by atoms with E-state index in [1.54, 1.807) is 0 Å². The fourth-order valence-electron chi connectivity index (χ4n) is 3.43. The van der Waals surface area contributed by atoms with Crippen molar-refractivity contribution < 1.29 is 0 Å². The third kappa shape index (κ3) is 5.30. The summed E-state index contributed by atoms with van der Waals surface area (Å²) in [6.45, 7) is 6.66. The van der Waals surface area contributed by atoms with Crippen LogP contribution in [-0.4, -0.2) is 24.4 Å². The molecule has 2 N–H and O–H groups in total. The summed E-state index contributed by atoms with van der Waals surface area (Å²) in [4.78, 5) is 2.49. The van der Waals surface area contributed by atoms with Crippen molar-refractivity contribution in [3.05, 3.63) is 59.2 Å². The molecule has 0 spiro atoms. The van der Waals surface area contributed by atoms with Crippen molar-refractivity contribution in [1.82, 2.24) is 5.43 Å². The maximum Gasteiger partial charge on any atom is 0.191 e. The normalized spacial score (nSPS) is 13.5. The number of anilines is 2. The molecular formula is C22H28N4S. The second-order valence-electron chi connectivity index (χ2n) is 6.85. The molecular weight excluding hydrogens is 352 g/mol. The van der Waals surface area contributed by atoms with E-state index in [0.717, 1.165) is 37.2 Å². The van der Waals surface area contributed by atoms with Crippen molar-refractivity contribution in [2.45, 2.75) is 39.5 Å². The monoisotopic (exact) mass is 380 g/mol. The number of hydrogen-bond acceptors (Lipinski definition) is 3. The first-order chi connectivity index (χ1) is 13.2. The van der Waals surface area contributed by atoms with Gasteiger partial charge in [0, 0.05) is 24.5 Å². The lowest BCUT2D eigenvalue weighted by Crippen LogP contribution is -2.30. The van der Waals surface area contributed by atoms with Gasteiger partial charge in [-0.25, -0.2) is 0 Å². The van der Waals surface area contributed by atoms with Crippen LogP contribution >= 0.6 is 12.2 Å². The lowest BCUT2D eigenvalue weighted by atomic mass is 9.99. The summed E-state index contributed by atoms with van der Waals surface area (Å²) in [6.07, 6.45) is 6.39. The van der Waals surface area contributed by atoms with Crippen molar-refractivity contribution >= 4 is 34.9 Å². The Balaban J connectivity index is 1.56. The number of fused-ring (bicyclic) bond motifs is 1. The first-order valence-corrected chi connectivity index (χ1v) is 10.2. The molecule has 0 radical (unpaired) electrons. The topological polar surface area (TPSA) is 39.7 Å². The Hall–Kier alpha value is -2.40. The van der Waals surface area contributed by atoms with Gasteiger partial charge in [0.2, 0.25) is 0 Å². The van der Waals surface area contributed by atoms with Crippen LogP contribution in [0.15, 0.2) is 47.6 Å². The summed E-state index contributed by atoms with van der Waals surface area (Å²) >= 11 is 5.31. The first-order valence-electron chi connectivity index (χ1n) is 9.76. The van der Waals surface area contributed by atoms with E-state index in [1.807, 2.05) is 18.3 Å². The number of nitrogens with zero attached hydrogens (tertiary/aromatic N) is 2. The van der Waals surface area contributed by atoms with Crippen molar-refractivity contribution in [3.63, 3.8) is 0 Å². The van der Waals surface area contributed by atoms with Gasteiger partial charge < -0.3 is 10.2 Å². The Kier molecular flexibility index (Phi) is 6.82. The first kappa shape index (κ1) is 19.4. The summed E-state index contributed by atoms with van der Waals surface area (Å²) < 4.78 is 0. The highest BCUT2D eigenvalue weighted by molar-refractivity contribution is 7.80. The summed E-state index contributed by atoms with van der Waals surface area (Å²) in [5.74, 6) is 0. The Morgan fingerprint density at radius 3 is 2.74 bits per heavy atom. The molecule has 2 aromatic carbocycles. The van der Waals surface area contributed by atoms with Gasteiger partial charge in [-0.2, -0.15) is 5.10 Å². The minimum atomic E-state index is 0.488. The van der Waals surface area contributed by atoms with E-state index in [0.29, 0.717) is 5.11 Å². The maximum atomic E-state index is 5.31. The molecule has 27 heavy (non-hydrogen) atoms. The SMILES string of the molecule is CCCN1CCCc2cc(C=NNC(=S)Nc3ccc(CC)cc3)ccc21. The molecule has 1 aliphatic heterocycles. The largest absolute Gasteiger partial charge is 0.371 e. The van der Waals surface area contributed by atoms with E-state index in [4.69, 9.17) is 12.2 Å². The standard InChI is InChI=1S/C22H28N4S/c1-3-13-26-14-5-6-19-15-18(9-12-21(19)26)16-23-25-22(27)24-20-10-7-17(4-2)8-11-20/h7-12,15-16H,3-6,13-14H2,1-2H3,(H2,24,25,27). The van der Waals surface area contributed by atoms with Crippen LogP contribution in [0.4, 0.5) is 11.4 Å². The molecule has 0 bridgehead atoms. The molecule has 0 fully saturated rings. The van der Waals surface area contributed by atoms with E-state index in [1.165, 1.54) is 29.7 Å². The van der Waals surface area contributed by atoms with Crippen LogP contribution in [0.2, 0.25) is 0 Å². The smallest absolute Gasteiger partial charge is 0.191 e. The summed E-state index contributed by atoms with van der Waals surface area (Å²) in [6, 6.07) is 14.8. The van der Waals surface area contributed by atoms with Gasteiger partial charge in [0.25, 0.3) is 0 Å². The van der Waals surface area contributed by atoms with Gasteiger partial charge in [0.15, 0.2) is 5.11 Å². The number of aryl methyl sites for hydroxylation is 2. The quantitative estimate of drug-likeness (QED) is 0.432. The highest BCUT2D eigenvalue weighted by Crippen LogP contribution is 2.27. The minimum Gasteiger partial charge on any atom is -0.371 e. The third-order valence-corrected chi connectivity index (χ3v) is 5.01. The minimum absolute atomic E-state index is 0.488. The number of hydrogen-bond donors (Lipinski definition) is 2. The van der Waals surface area contributed by atoms with Crippen molar-refractivity contribution in [2.24, 2.45) is 5.10 Å². The van der Waals surface area contributed by atoms with Crippen LogP contribution < -0.4 is 15.6 Å². The van der Waals surface area contributed by atoms with Crippen LogP contribution in [0, 0.1) is 0 Å². The van der Waals surface area contributed by atoms with Crippen LogP contribution in [0.1, 0.15) is 43.4 Å². The highest BCUT2D eigenvalue weighted by Gasteiger charge is 2.15. The summed E-state index contributed by atoms with van der Waals surface area (Å²) in [5, 5.41) is 7.92. The number of rotatable bonds is 6. The average Bonchev–Trinajstić information content (AvgIpc) is 2.69. The van der Waals surface area contributed by atoms with E-state index >= 15 is 0 Å². The molecule has 2 aromatic rings. The molecule has 0 unspecified atom stereocenters. The van der Waals surface area contributed by atoms with Gasteiger partial charge in [-0.15, -0.1) is 0 Å². The van der Waals surface area contributed by atoms with E-state index in [-0.39, 0.29) is 0 Å². The number of hydrazone groups is 1. The molecule has 0 aliphatic carbocycles. The Bertz CT molecular complexity index is 798. The van der Waals surface area contributed by atoms with E-state index in [9.17, 15) is 0 Å². The molecule has 3 rings (SSSR count). The van der Waals surface area contributed by atoms with Crippen molar-refractivity contribution in [2.75, 3.05) is 23.3 Å². The predicted molar refractivity (Wildman–Crippen MR) is 120 cm³/mol. The molecule has 142 valence electrons. The summed E-state index contributed by atoms with van der Waals surface area (Å²) in [7, 11) is 0. The number of benzene rings is 2. The molecule has 0 saturated carbocycles. The zero-order chi connectivity index (χ0) is 19.1. The number of thiocarbonyl (C=S) groups is 1. The second kappa shape index (κ2) is 9.51. The lowest BCUT2D eigenvalue weighted by Gasteiger charge is -2.31. The summed E-state index contributed by atoms with van der Waals surface area (Å²) in [5.41, 5.74) is 9.05. The predicted octanol–water partition coefficient (Wildman–Crippen LogP) is 4.73. The Morgan fingerprint density at radius 1 is 1.19 bits per heavy atom. The lowest BCUT2D eigenvalue weighted by molar-refractivity contribution is 0.681. The highest BCUT2D eigenvalue weighted by atomic mass is 32.1. The third-order valence-electron chi connectivity index (χ3n) is 4.81. The van der Waals surface area contributed by atoms with Crippen molar-refractivity contribution in [3.8, 4) is 0 Å². The second-order valence-corrected chi connectivity index (χ2v) is 7.26. The Labute approximate surface area is 167 Å². The van der Waals surface area contributed by atoms with Gasteiger partial charge in [-0.1, -0.05) is 32.0 Å². The van der Waals surface area contributed by atoms with Gasteiger partial charge in [-0.3, -0.25) is 5.43 Å². The zero-order valence-electron chi connectivity index (χ0n) is 16.2. The molecule has 5 heteroatoms. The van der Waals surface area contributed by atoms with Gasteiger partial charge in [0.1, 0.15) is 0 Å². The van der Waals surface area contributed by atoms with Crippen LogP contribution in [0.25, 0.3) is 0 Å². The fraction of sp³-hybridized carbons (Fsp3) is 0.364. The van der Waals surface area contributed by atoms with Crippen molar-refractivity contribution in [1.29, 1.82) is 0 Å². The van der Waals surface area contributed by atoms with Crippen LogP contribution in [-0.2, 0) is 12.8 Å². The van der Waals surface area contributed by atoms with E-state index < -0.39 is 0 Å². The average molecular weight is 381 g/mol. The molecule has 1 heterocycles. The number of nitrogens with one attached hydrogen (secondary N) is 2. The van der Waals surface area contributed by atoms with Gasteiger partial charge >= 0.3 is 0 Å². The van der Waals surface area contributed by atoms with Gasteiger partial charge in [0.05, 0.1) is 6.21 Å². The van der Waals surface area contributed by atoms with Gasteiger partial charge in [-0.05, 0) is 78.9 Å². The molecule has 0 amide bonds. The van der Waals surface area contributed by atoms with E-state index in [2.05, 4.69) is 64.9 Å². The molecule has 4 nitrogen and oxygen atoms in total. The van der Waals surface area contributed by atoms with Crippen LogP contribution in [0.5, 0.6) is 0 Å².